The molecule has 26 heavy (non-hydrogen) atoms. The maximum absolute atomic E-state index is 10.6. The Bertz CT molecular complexity index is 717. The van der Waals surface area contributed by atoms with E-state index >= 15 is 0 Å². The zero-order valence-corrected chi connectivity index (χ0v) is 15.7. The summed E-state index contributed by atoms with van der Waals surface area (Å²) in [5.74, 6) is -0.0606. The lowest BCUT2D eigenvalue weighted by Gasteiger charge is -2.22. The number of halogens is 1. The number of piperidine rings is 1. The van der Waals surface area contributed by atoms with Crippen molar-refractivity contribution in [3.63, 3.8) is 0 Å². The van der Waals surface area contributed by atoms with Crippen LogP contribution in [0.25, 0.3) is 12.2 Å². The first-order chi connectivity index (χ1) is 12.2. The van der Waals surface area contributed by atoms with Gasteiger partial charge in [0.15, 0.2) is 0 Å². The molecule has 0 spiro atoms. The van der Waals surface area contributed by atoms with Crippen molar-refractivity contribution in [1.82, 2.24) is 5.32 Å². The van der Waals surface area contributed by atoms with E-state index in [0.717, 1.165) is 24.2 Å². The monoisotopic (exact) mass is 371 g/mol. The number of carboxylic acids is 1. The smallest absolute Gasteiger partial charge is 0.303 e. The lowest BCUT2D eigenvalue weighted by Crippen LogP contribution is -2.26. The molecule has 4 heteroatoms. The molecule has 0 radical (unpaired) electrons. The molecule has 3 nitrogen and oxygen atoms in total. The second-order valence-electron chi connectivity index (χ2n) is 6.66. The van der Waals surface area contributed by atoms with Gasteiger partial charge in [0.05, 0.1) is 0 Å². The summed E-state index contributed by atoms with van der Waals surface area (Å²) in [7, 11) is 0. The zero-order valence-electron chi connectivity index (χ0n) is 14.9. The molecule has 1 aliphatic rings. The molecule has 1 heterocycles. The lowest BCUT2D eigenvalue weighted by molar-refractivity contribution is -0.136. The number of benzene rings is 2. The highest BCUT2D eigenvalue weighted by Gasteiger charge is 2.14. The van der Waals surface area contributed by atoms with Crippen LogP contribution in [0, 0.1) is 0 Å². The van der Waals surface area contributed by atoms with Crippen LogP contribution >= 0.6 is 12.4 Å². The van der Waals surface area contributed by atoms with E-state index in [9.17, 15) is 4.79 Å². The van der Waals surface area contributed by atoms with E-state index in [0.29, 0.717) is 12.3 Å². The normalized spacial score (nSPS) is 14.9. The first kappa shape index (κ1) is 20.2. The topological polar surface area (TPSA) is 49.3 Å². The summed E-state index contributed by atoms with van der Waals surface area (Å²) < 4.78 is 0. The predicted molar refractivity (Wildman–Crippen MR) is 110 cm³/mol. The van der Waals surface area contributed by atoms with Gasteiger partial charge in [-0.1, -0.05) is 60.7 Å². The van der Waals surface area contributed by atoms with E-state index in [1.165, 1.54) is 24.0 Å². The van der Waals surface area contributed by atoms with Gasteiger partial charge in [-0.2, -0.15) is 0 Å². The van der Waals surface area contributed by atoms with Crippen molar-refractivity contribution in [3.05, 3.63) is 70.8 Å². The molecule has 0 amide bonds. The minimum Gasteiger partial charge on any atom is -0.481 e. The van der Waals surface area contributed by atoms with E-state index < -0.39 is 5.97 Å². The highest BCUT2D eigenvalue weighted by Crippen LogP contribution is 2.25. The van der Waals surface area contributed by atoms with Crippen LogP contribution in [-0.4, -0.2) is 24.2 Å². The minimum atomic E-state index is -0.753. The Morgan fingerprint density at radius 3 is 2.04 bits per heavy atom. The Morgan fingerprint density at radius 2 is 1.50 bits per heavy atom. The second kappa shape index (κ2) is 10.1. The number of nitrogens with one attached hydrogen (secondary N) is 1. The fourth-order valence-electron chi connectivity index (χ4n) is 3.27. The lowest BCUT2D eigenvalue weighted by atomic mass is 9.90. The maximum atomic E-state index is 10.6. The predicted octanol–water partition coefficient (Wildman–Crippen LogP) is 4.76. The Hall–Kier alpha value is -2.10. The van der Waals surface area contributed by atoms with Gasteiger partial charge in [0.2, 0.25) is 0 Å². The van der Waals surface area contributed by atoms with Gasteiger partial charge in [-0.15, -0.1) is 12.4 Å². The molecule has 138 valence electrons. The van der Waals surface area contributed by atoms with Crippen molar-refractivity contribution < 1.29 is 9.90 Å². The fourth-order valence-corrected chi connectivity index (χ4v) is 3.27. The fraction of sp³-hybridized carbons (Fsp3) is 0.318. The summed E-state index contributed by atoms with van der Waals surface area (Å²) in [5.41, 5.74) is 4.83. The third-order valence-electron chi connectivity index (χ3n) is 4.82. The molecule has 0 aliphatic carbocycles. The van der Waals surface area contributed by atoms with Gasteiger partial charge in [-0.25, -0.2) is 0 Å². The van der Waals surface area contributed by atoms with Gasteiger partial charge < -0.3 is 10.4 Å². The summed E-state index contributed by atoms with van der Waals surface area (Å²) >= 11 is 0. The number of hydrogen-bond acceptors (Lipinski definition) is 2. The molecule has 0 unspecified atom stereocenters. The average Bonchev–Trinajstić information content (AvgIpc) is 2.66. The Balaban J connectivity index is 0.00000243. The zero-order chi connectivity index (χ0) is 17.5. The number of carbonyl (C=O) groups is 1. The molecule has 0 atom stereocenters. The minimum absolute atomic E-state index is 0. The molecule has 1 saturated heterocycles. The van der Waals surface area contributed by atoms with Crippen molar-refractivity contribution in [3.8, 4) is 0 Å². The van der Waals surface area contributed by atoms with E-state index in [4.69, 9.17) is 5.11 Å². The van der Waals surface area contributed by atoms with E-state index in [2.05, 4.69) is 41.7 Å². The highest BCUT2D eigenvalue weighted by atomic mass is 35.5. The first-order valence-electron chi connectivity index (χ1n) is 9.00. The van der Waals surface area contributed by atoms with Crippen LogP contribution in [0.1, 0.15) is 47.4 Å². The van der Waals surface area contributed by atoms with E-state index in [-0.39, 0.29) is 18.8 Å². The summed E-state index contributed by atoms with van der Waals surface area (Å²) in [5, 5.41) is 12.1. The van der Waals surface area contributed by atoms with Gasteiger partial charge in [-0.05, 0) is 60.5 Å². The van der Waals surface area contributed by atoms with Crippen LogP contribution in [0.15, 0.2) is 48.5 Å². The number of rotatable bonds is 6. The van der Waals surface area contributed by atoms with Crippen LogP contribution in [0.4, 0.5) is 0 Å². The van der Waals surface area contributed by atoms with E-state index in [1.807, 2.05) is 24.3 Å². The van der Waals surface area contributed by atoms with Crippen molar-refractivity contribution >= 4 is 30.5 Å². The Morgan fingerprint density at radius 1 is 0.962 bits per heavy atom. The quantitative estimate of drug-likeness (QED) is 0.719. The van der Waals surface area contributed by atoms with Crippen molar-refractivity contribution in [2.24, 2.45) is 0 Å². The SMILES string of the molecule is Cl.O=C(O)CCc1ccc(C=Cc2ccc(C3CCNCC3)cc2)cc1. The Kier molecular flexibility index (Phi) is 7.89. The number of aliphatic carboxylic acids is 1. The molecule has 1 fully saturated rings. The Labute approximate surface area is 161 Å². The molecule has 2 N–H and O–H groups in total. The third kappa shape index (κ3) is 6.01. The molecule has 0 saturated carbocycles. The number of hydrogen-bond donors (Lipinski definition) is 2. The number of aryl methyl sites for hydroxylation is 1. The highest BCUT2D eigenvalue weighted by molar-refractivity contribution is 5.85. The van der Waals surface area contributed by atoms with Crippen LogP contribution < -0.4 is 5.32 Å². The van der Waals surface area contributed by atoms with Crippen molar-refractivity contribution in [1.29, 1.82) is 0 Å². The van der Waals surface area contributed by atoms with Crippen LogP contribution in [0.2, 0.25) is 0 Å². The summed E-state index contributed by atoms with van der Waals surface area (Å²) in [6.45, 7) is 2.24. The van der Waals surface area contributed by atoms with Crippen LogP contribution in [-0.2, 0) is 11.2 Å². The van der Waals surface area contributed by atoms with E-state index in [1.54, 1.807) is 0 Å². The molecule has 2 aromatic carbocycles. The standard InChI is InChI=1S/C22H25NO2.ClH/c24-22(25)12-9-18-4-1-17(2-5-18)3-6-19-7-10-20(11-8-19)21-13-15-23-16-14-21;/h1-8,10-11,21,23H,9,12-16H2,(H,24,25);1H. The maximum Gasteiger partial charge on any atom is 0.303 e. The summed E-state index contributed by atoms with van der Waals surface area (Å²) in [6, 6.07) is 17.0. The van der Waals surface area contributed by atoms with Gasteiger partial charge in [0, 0.05) is 6.42 Å². The first-order valence-corrected chi connectivity index (χ1v) is 9.00. The van der Waals surface area contributed by atoms with Crippen molar-refractivity contribution in [2.45, 2.75) is 31.6 Å². The molecular weight excluding hydrogens is 346 g/mol. The number of carboxylic acid groups (broad SMARTS) is 1. The van der Waals surface area contributed by atoms with Crippen LogP contribution in [0.5, 0.6) is 0 Å². The second-order valence-corrected chi connectivity index (χ2v) is 6.66. The average molecular weight is 372 g/mol. The molecule has 3 rings (SSSR count). The molecule has 2 aromatic rings. The molecule has 1 aliphatic heterocycles. The largest absolute Gasteiger partial charge is 0.481 e. The van der Waals surface area contributed by atoms with Gasteiger partial charge in [-0.3, -0.25) is 4.79 Å². The van der Waals surface area contributed by atoms with Crippen LogP contribution in [0.3, 0.4) is 0 Å². The molecule has 0 aromatic heterocycles. The van der Waals surface area contributed by atoms with Gasteiger partial charge in [0.1, 0.15) is 0 Å². The summed E-state index contributed by atoms with van der Waals surface area (Å²) in [6.07, 6.45) is 7.43. The molecule has 0 bridgehead atoms. The van der Waals surface area contributed by atoms with Crippen molar-refractivity contribution in [2.75, 3.05) is 13.1 Å². The van der Waals surface area contributed by atoms with Gasteiger partial charge in [0.25, 0.3) is 0 Å². The molecular formula is C22H26ClNO2. The third-order valence-corrected chi connectivity index (χ3v) is 4.82. The van der Waals surface area contributed by atoms with Gasteiger partial charge >= 0.3 is 5.97 Å². The summed E-state index contributed by atoms with van der Waals surface area (Å²) in [4.78, 5) is 10.6.